The van der Waals surface area contributed by atoms with Crippen LogP contribution >= 0.6 is 0 Å². The van der Waals surface area contributed by atoms with Gasteiger partial charge in [-0.2, -0.15) is 18.4 Å². The molecule has 4 aliphatic rings. The molecule has 2 bridgehead atoms. The molecule has 6 rings (SSSR count). The van der Waals surface area contributed by atoms with Gasteiger partial charge in [-0.3, -0.25) is 14.9 Å². The van der Waals surface area contributed by atoms with E-state index in [9.17, 15) is 28.0 Å². The van der Waals surface area contributed by atoms with Gasteiger partial charge >= 0.3 is 13.3 Å². The van der Waals surface area contributed by atoms with E-state index >= 15 is 0 Å². The third kappa shape index (κ3) is 8.06. The number of benzene rings is 2. The SMILES string of the molecule is CC(C)C=C(C#N)C(=O)N(C)c1cccc(CC(NCC(F)(F)F)C(=O)N[C@@H](Cc2ccccc2)B2O[C@@H]3C[C@@H]4C[C@@H](C4(C)C)[C@]3(C)O2)c1. The molecular weight excluding hydrogens is 632 g/mol. The monoisotopic (exact) mass is 678 g/mol. The van der Waals surface area contributed by atoms with Crippen LogP contribution in [-0.2, 0) is 31.7 Å². The Kier molecular flexibility index (Phi) is 10.7. The summed E-state index contributed by atoms with van der Waals surface area (Å²) >= 11 is 0. The van der Waals surface area contributed by atoms with Gasteiger partial charge in [0.05, 0.1) is 30.2 Å². The van der Waals surface area contributed by atoms with Crippen LogP contribution in [0.4, 0.5) is 18.9 Å². The Bertz CT molecular complexity index is 1590. The number of carbonyl (C=O) groups excluding carboxylic acids is 2. The van der Waals surface area contributed by atoms with E-state index in [1.807, 2.05) is 50.2 Å². The summed E-state index contributed by atoms with van der Waals surface area (Å²) in [6, 6.07) is 16.9. The molecule has 6 atom stereocenters. The summed E-state index contributed by atoms with van der Waals surface area (Å²) in [5.41, 5.74) is 1.47. The van der Waals surface area contributed by atoms with Crippen molar-refractivity contribution < 1.29 is 32.1 Å². The molecule has 8 nitrogen and oxygen atoms in total. The number of rotatable bonds is 12. The van der Waals surface area contributed by atoms with E-state index in [2.05, 4.69) is 31.4 Å². The minimum Gasteiger partial charge on any atom is -0.404 e. The van der Waals surface area contributed by atoms with Crippen molar-refractivity contribution in [3.05, 3.63) is 77.4 Å². The lowest BCUT2D eigenvalue weighted by atomic mass is 9.43. The predicted molar refractivity (Wildman–Crippen MR) is 182 cm³/mol. The van der Waals surface area contributed by atoms with Crippen LogP contribution in [0.25, 0.3) is 0 Å². The lowest BCUT2D eigenvalue weighted by molar-refractivity contribution is -0.199. The average molecular weight is 679 g/mol. The molecule has 0 radical (unpaired) electrons. The molecule has 262 valence electrons. The second kappa shape index (κ2) is 14.3. The zero-order chi connectivity index (χ0) is 35.7. The second-order valence-corrected chi connectivity index (χ2v) is 14.9. The zero-order valence-electron chi connectivity index (χ0n) is 29.0. The molecule has 2 aromatic rings. The second-order valence-electron chi connectivity index (χ2n) is 14.9. The van der Waals surface area contributed by atoms with E-state index in [4.69, 9.17) is 9.31 Å². The van der Waals surface area contributed by atoms with E-state index in [-0.39, 0.29) is 29.4 Å². The van der Waals surface area contributed by atoms with Gasteiger partial charge in [-0.25, -0.2) is 0 Å². The van der Waals surface area contributed by atoms with Crippen molar-refractivity contribution in [3.8, 4) is 6.07 Å². The third-order valence-electron chi connectivity index (χ3n) is 10.7. The van der Waals surface area contributed by atoms with Crippen LogP contribution in [0, 0.1) is 34.5 Å². The van der Waals surface area contributed by atoms with Gasteiger partial charge in [0.25, 0.3) is 5.91 Å². The fourth-order valence-electron chi connectivity index (χ4n) is 7.85. The molecule has 1 unspecified atom stereocenters. The average Bonchev–Trinajstić information content (AvgIpc) is 3.42. The fraction of sp³-hybridized carbons (Fsp3) is 0.541. The molecule has 3 saturated carbocycles. The van der Waals surface area contributed by atoms with Crippen LogP contribution in [0.15, 0.2) is 66.2 Å². The first kappa shape index (κ1) is 36.6. The Labute approximate surface area is 287 Å². The number of halogens is 3. The van der Waals surface area contributed by atoms with Crippen LogP contribution in [0.2, 0.25) is 0 Å². The Hall–Kier alpha value is -3.66. The molecule has 2 aromatic carbocycles. The van der Waals surface area contributed by atoms with Crippen molar-refractivity contribution in [2.75, 3.05) is 18.5 Å². The number of anilines is 1. The Morgan fingerprint density at radius 1 is 1.08 bits per heavy atom. The number of hydrogen-bond acceptors (Lipinski definition) is 6. The summed E-state index contributed by atoms with van der Waals surface area (Å²) in [4.78, 5) is 28.4. The maximum absolute atomic E-state index is 14.0. The van der Waals surface area contributed by atoms with Crippen molar-refractivity contribution >= 4 is 24.6 Å². The van der Waals surface area contributed by atoms with Gasteiger partial charge in [0.1, 0.15) is 11.6 Å². The molecule has 1 saturated heterocycles. The zero-order valence-corrected chi connectivity index (χ0v) is 29.0. The molecule has 12 heteroatoms. The van der Waals surface area contributed by atoms with Gasteiger partial charge in [-0.05, 0) is 79.0 Å². The number of carbonyl (C=O) groups is 2. The molecule has 49 heavy (non-hydrogen) atoms. The minimum atomic E-state index is -4.55. The maximum atomic E-state index is 14.0. The first-order valence-corrected chi connectivity index (χ1v) is 17.0. The summed E-state index contributed by atoms with van der Waals surface area (Å²) in [6.07, 6.45) is -0.932. The van der Waals surface area contributed by atoms with E-state index in [1.165, 1.54) is 11.9 Å². The number of alkyl halides is 3. The van der Waals surface area contributed by atoms with Gasteiger partial charge in [0.2, 0.25) is 5.91 Å². The molecule has 1 heterocycles. The highest BCUT2D eigenvalue weighted by atomic mass is 19.4. The molecule has 1 aliphatic heterocycles. The Balaban J connectivity index is 1.38. The van der Waals surface area contributed by atoms with E-state index < -0.39 is 49.2 Å². The van der Waals surface area contributed by atoms with Crippen LogP contribution in [0.3, 0.4) is 0 Å². The summed E-state index contributed by atoms with van der Waals surface area (Å²) in [5.74, 6) is -0.992. The number of likely N-dealkylation sites (N-methyl/N-ethyl adjacent to an activating group) is 1. The molecule has 0 spiro atoms. The molecule has 2 N–H and O–H groups in total. The molecule has 4 fully saturated rings. The smallest absolute Gasteiger partial charge is 0.404 e. The normalized spacial score (nSPS) is 25.5. The molecule has 2 amide bonds. The number of nitrogens with one attached hydrogen (secondary N) is 2. The lowest BCUT2D eigenvalue weighted by Gasteiger charge is -2.64. The number of nitriles is 1. The van der Waals surface area contributed by atoms with Crippen molar-refractivity contribution in [3.63, 3.8) is 0 Å². The highest BCUT2D eigenvalue weighted by Gasteiger charge is 2.68. The predicted octanol–water partition coefficient (Wildman–Crippen LogP) is 5.81. The van der Waals surface area contributed by atoms with Gasteiger partial charge in [0.15, 0.2) is 0 Å². The van der Waals surface area contributed by atoms with Gasteiger partial charge in [-0.15, -0.1) is 0 Å². The van der Waals surface area contributed by atoms with Gasteiger partial charge < -0.3 is 19.5 Å². The Morgan fingerprint density at radius 2 is 1.78 bits per heavy atom. The fourth-order valence-corrected chi connectivity index (χ4v) is 7.85. The van der Waals surface area contributed by atoms with E-state index in [1.54, 1.807) is 30.3 Å². The Morgan fingerprint density at radius 3 is 2.41 bits per heavy atom. The standard InChI is InChI=1S/C37H46BF3N4O4/c1-23(2)15-26(21-42)34(47)45(6)28-14-10-13-25(16-28)17-29(43-22-37(39,40)41)33(46)44-32(18-24-11-8-7-9-12-24)38-48-31-20-27-19-30(35(27,3)4)36(31,5)49-38/h7-16,23,27,29-32,43H,17-20,22H2,1-6H3,(H,44,46)/t27-,29?,30-,31+,32-,36-/m0/s1. The summed E-state index contributed by atoms with van der Waals surface area (Å²) in [6.45, 7) is 8.95. The summed E-state index contributed by atoms with van der Waals surface area (Å²) in [7, 11) is 0.742. The largest absolute Gasteiger partial charge is 0.482 e. The van der Waals surface area contributed by atoms with E-state index in [0.717, 1.165) is 18.4 Å². The van der Waals surface area contributed by atoms with Crippen LogP contribution < -0.4 is 15.5 Å². The van der Waals surface area contributed by atoms with Gasteiger partial charge in [0, 0.05) is 12.7 Å². The molecule has 0 aromatic heterocycles. The van der Waals surface area contributed by atoms with Crippen molar-refractivity contribution in [1.82, 2.24) is 10.6 Å². The summed E-state index contributed by atoms with van der Waals surface area (Å²) < 4.78 is 53.7. The van der Waals surface area contributed by atoms with Crippen LogP contribution in [0.5, 0.6) is 0 Å². The first-order chi connectivity index (χ1) is 23.0. The third-order valence-corrected chi connectivity index (χ3v) is 10.7. The van der Waals surface area contributed by atoms with Crippen molar-refractivity contribution in [1.29, 1.82) is 5.26 Å². The van der Waals surface area contributed by atoms with Gasteiger partial charge in [-0.1, -0.05) is 76.2 Å². The quantitative estimate of drug-likeness (QED) is 0.167. The number of amides is 2. The lowest BCUT2D eigenvalue weighted by Crippen LogP contribution is -2.65. The highest BCUT2D eigenvalue weighted by molar-refractivity contribution is 6.48. The highest BCUT2D eigenvalue weighted by Crippen LogP contribution is 2.65. The number of nitrogens with zero attached hydrogens (tertiary/aromatic N) is 2. The van der Waals surface area contributed by atoms with Crippen LogP contribution in [-0.4, -0.2) is 62.4 Å². The number of hydrogen-bond donors (Lipinski definition) is 2. The van der Waals surface area contributed by atoms with Crippen molar-refractivity contribution in [2.24, 2.45) is 23.2 Å². The van der Waals surface area contributed by atoms with Crippen molar-refractivity contribution in [2.45, 2.75) is 90.2 Å². The first-order valence-electron chi connectivity index (χ1n) is 17.0. The minimum absolute atomic E-state index is 0.0118. The number of allylic oxidation sites excluding steroid dienone is 1. The van der Waals surface area contributed by atoms with Crippen LogP contribution in [0.1, 0.15) is 58.6 Å². The summed E-state index contributed by atoms with van der Waals surface area (Å²) in [5, 5.41) is 15.0. The molecule has 3 aliphatic carbocycles. The molecular formula is C37H46BF3N4O4. The van der Waals surface area contributed by atoms with E-state index in [0.29, 0.717) is 29.5 Å². The topological polar surface area (TPSA) is 104 Å². The maximum Gasteiger partial charge on any atom is 0.482 e.